The smallest absolute Gasteiger partial charge is 0.276 e. The van der Waals surface area contributed by atoms with E-state index in [1.165, 1.54) is 41.1 Å². The van der Waals surface area contributed by atoms with Gasteiger partial charge < -0.3 is 5.32 Å². The topological polar surface area (TPSA) is 107 Å². The van der Waals surface area contributed by atoms with Crippen LogP contribution in [0.15, 0.2) is 41.2 Å². The van der Waals surface area contributed by atoms with Gasteiger partial charge in [0.05, 0.1) is 4.92 Å². The molecule has 0 unspecified atom stereocenters. The van der Waals surface area contributed by atoms with Crippen molar-refractivity contribution in [3.05, 3.63) is 62.6 Å². The fraction of sp³-hybridized carbons (Fsp3) is 0.267. The summed E-state index contributed by atoms with van der Waals surface area (Å²) in [6, 6.07) is 8.22. The SMILES string of the molecule is CCCCn1nc(C(=O)Nc2cccc([N+](=O)[O-])c2)ccc1=O. The number of nitro groups is 1. The van der Waals surface area contributed by atoms with Crippen LogP contribution in [-0.4, -0.2) is 20.6 Å². The van der Waals surface area contributed by atoms with Gasteiger partial charge in [-0.1, -0.05) is 19.4 Å². The quantitative estimate of drug-likeness (QED) is 0.649. The lowest BCUT2D eigenvalue weighted by atomic mass is 10.2. The van der Waals surface area contributed by atoms with E-state index < -0.39 is 10.8 Å². The molecule has 0 spiro atoms. The molecular weight excluding hydrogens is 300 g/mol. The fourth-order valence-electron chi connectivity index (χ4n) is 1.93. The van der Waals surface area contributed by atoms with Gasteiger partial charge in [-0.05, 0) is 18.6 Å². The molecule has 0 radical (unpaired) electrons. The lowest BCUT2D eigenvalue weighted by Gasteiger charge is -2.07. The molecule has 8 heteroatoms. The Balaban J connectivity index is 2.19. The average molecular weight is 316 g/mol. The number of hydrogen-bond acceptors (Lipinski definition) is 5. The van der Waals surface area contributed by atoms with Crippen LogP contribution in [0.25, 0.3) is 0 Å². The number of nitrogens with one attached hydrogen (secondary N) is 1. The number of benzene rings is 1. The predicted octanol–water partition coefficient (Wildman–Crippen LogP) is 2.20. The number of rotatable bonds is 6. The maximum absolute atomic E-state index is 12.2. The van der Waals surface area contributed by atoms with Crippen molar-refractivity contribution in [3.63, 3.8) is 0 Å². The highest BCUT2D eigenvalue weighted by Crippen LogP contribution is 2.17. The maximum Gasteiger partial charge on any atom is 0.276 e. The third-order valence-corrected chi connectivity index (χ3v) is 3.14. The first kappa shape index (κ1) is 16.3. The second-order valence-corrected chi connectivity index (χ2v) is 4.90. The van der Waals surface area contributed by atoms with Gasteiger partial charge in [-0.15, -0.1) is 0 Å². The summed E-state index contributed by atoms with van der Waals surface area (Å²) >= 11 is 0. The van der Waals surface area contributed by atoms with Crippen LogP contribution in [0.3, 0.4) is 0 Å². The largest absolute Gasteiger partial charge is 0.320 e. The van der Waals surface area contributed by atoms with Crippen LogP contribution < -0.4 is 10.9 Å². The Labute approximate surface area is 131 Å². The van der Waals surface area contributed by atoms with Crippen LogP contribution in [0, 0.1) is 10.1 Å². The van der Waals surface area contributed by atoms with Gasteiger partial charge in [0.15, 0.2) is 0 Å². The molecule has 0 aliphatic heterocycles. The van der Waals surface area contributed by atoms with Crippen molar-refractivity contribution in [1.29, 1.82) is 0 Å². The van der Waals surface area contributed by atoms with Gasteiger partial charge in [-0.2, -0.15) is 5.10 Å². The van der Waals surface area contributed by atoms with Crippen LogP contribution >= 0.6 is 0 Å². The number of anilines is 1. The second kappa shape index (κ2) is 7.30. The molecule has 1 N–H and O–H groups in total. The average Bonchev–Trinajstić information content (AvgIpc) is 2.54. The molecule has 0 aliphatic rings. The second-order valence-electron chi connectivity index (χ2n) is 4.90. The minimum Gasteiger partial charge on any atom is -0.320 e. The lowest BCUT2D eigenvalue weighted by molar-refractivity contribution is -0.384. The third kappa shape index (κ3) is 4.22. The fourth-order valence-corrected chi connectivity index (χ4v) is 1.93. The van der Waals surface area contributed by atoms with Crippen LogP contribution in [0.2, 0.25) is 0 Å². The van der Waals surface area contributed by atoms with E-state index in [0.29, 0.717) is 6.54 Å². The number of non-ortho nitro benzene ring substituents is 1. The zero-order chi connectivity index (χ0) is 16.8. The molecule has 0 aliphatic carbocycles. The first-order valence-electron chi connectivity index (χ1n) is 7.15. The van der Waals surface area contributed by atoms with Gasteiger partial charge >= 0.3 is 0 Å². The standard InChI is InChI=1S/C15H16N4O4/c1-2-3-9-18-14(20)8-7-13(17-18)15(21)16-11-5-4-6-12(10-11)19(22)23/h4-8,10H,2-3,9H2,1H3,(H,16,21). The molecule has 1 aromatic heterocycles. The van der Waals surface area contributed by atoms with Crippen LogP contribution in [0.1, 0.15) is 30.3 Å². The van der Waals surface area contributed by atoms with Crippen molar-refractivity contribution in [2.75, 3.05) is 5.32 Å². The molecule has 0 fully saturated rings. The zero-order valence-electron chi connectivity index (χ0n) is 12.6. The van der Waals surface area contributed by atoms with E-state index in [1.54, 1.807) is 0 Å². The van der Waals surface area contributed by atoms with Crippen molar-refractivity contribution in [2.24, 2.45) is 0 Å². The van der Waals surface area contributed by atoms with E-state index in [9.17, 15) is 19.7 Å². The van der Waals surface area contributed by atoms with E-state index >= 15 is 0 Å². The highest BCUT2D eigenvalue weighted by Gasteiger charge is 2.12. The van der Waals surface area contributed by atoms with Gasteiger partial charge in [0, 0.05) is 30.4 Å². The number of carbonyl (C=O) groups is 1. The molecule has 2 aromatic rings. The molecule has 2 rings (SSSR count). The summed E-state index contributed by atoms with van der Waals surface area (Å²) in [5.41, 5.74) is -0.0291. The lowest BCUT2D eigenvalue weighted by Crippen LogP contribution is -2.26. The normalized spacial score (nSPS) is 10.3. The summed E-state index contributed by atoms with van der Waals surface area (Å²) in [5.74, 6) is -0.532. The summed E-state index contributed by atoms with van der Waals surface area (Å²) in [6.07, 6.45) is 1.68. The predicted molar refractivity (Wildman–Crippen MR) is 84.5 cm³/mol. The minimum absolute atomic E-state index is 0.0761. The van der Waals surface area contributed by atoms with E-state index in [-0.39, 0.29) is 22.6 Å². The Hall–Kier alpha value is -3.03. The van der Waals surface area contributed by atoms with Gasteiger partial charge in [-0.3, -0.25) is 19.7 Å². The van der Waals surface area contributed by atoms with Crippen molar-refractivity contribution < 1.29 is 9.72 Å². The van der Waals surface area contributed by atoms with E-state index in [2.05, 4.69) is 10.4 Å². The molecule has 0 bridgehead atoms. The molecule has 1 amide bonds. The Morgan fingerprint density at radius 1 is 1.35 bits per heavy atom. The Kier molecular flexibility index (Phi) is 5.19. The summed E-state index contributed by atoms with van der Waals surface area (Å²) in [6.45, 7) is 2.43. The number of carbonyl (C=O) groups excluding carboxylic acids is 1. The number of unbranched alkanes of at least 4 members (excludes halogenated alkanes) is 1. The first-order chi connectivity index (χ1) is 11.0. The molecule has 23 heavy (non-hydrogen) atoms. The van der Waals surface area contributed by atoms with Crippen molar-refractivity contribution >= 4 is 17.3 Å². The van der Waals surface area contributed by atoms with Crippen LogP contribution in [0.5, 0.6) is 0 Å². The molecule has 0 saturated heterocycles. The van der Waals surface area contributed by atoms with E-state index in [0.717, 1.165) is 12.8 Å². The van der Waals surface area contributed by atoms with Gasteiger partial charge in [0.2, 0.25) is 0 Å². The number of amides is 1. The number of aryl methyl sites for hydroxylation is 1. The van der Waals surface area contributed by atoms with Gasteiger partial charge in [0.1, 0.15) is 5.69 Å². The molecule has 1 heterocycles. The minimum atomic E-state index is -0.543. The molecule has 120 valence electrons. The molecular formula is C15H16N4O4. The van der Waals surface area contributed by atoms with E-state index in [4.69, 9.17) is 0 Å². The Bertz CT molecular complexity index is 785. The first-order valence-corrected chi connectivity index (χ1v) is 7.15. The number of hydrogen-bond donors (Lipinski definition) is 1. The van der Waals surface area contributed by atoms with Gasteiger partial charge in [0.25, 0.3) is 17.2 Å². The van der Waals surface area contributed by atoms with Crippen molar-refractivity contribution in [1.82, 2.24) is 9.78 Å². The Morgan fingerprint density at radius 3 is 2.83 bits per heavy atom. The third-order valence-electron chi connectivity index (χ3n) is 3.14. The van der Waals surface area contributed by atoms with Crippen LogP contribution in [-0.2, 0) is 6.54 Å². The summed E-state index contributed by atoms with van der Waals surface area (Å²) in [4.78, 5) is 34.0. The maximum atomic E-state index is 12.2. The highest BCUT2D eigenvalue weighted by molar-refractivity contribution is 6.02. The van der Waals surface area contributed by atoms with E-state index in [1.807, 2.05) is 6.92 Å². The Morgan fingerprint density at radius 2 is 2.13 bits per heavy atom. The molecule has 0 atom stereocenters. The summed E-state index contributed by atoms with van der Waals surface area (Å²) in [5, 5.41) is 17.3. The van der Waals surface area contributed by atoms with Crippen molar-refractivity contribution in [2.45, 2.75) is 26.3 Å². The zero-order valence-corrected chi connectivity index (χ0v) is 12.6. The highest BCUT2D eigenvalue weighted by atomic mass is 16.6. The molecule has 1 aromatic carbocycles. The summed E-state index contributed by atoms with van der Waals surface area (Å²) < 4.78 is 1.24. The number of aromatic nitrogens is 2. The number of nitro benzene ring substituents is 1. The molecule has 8 nitrogen and oxygen atoms in total. The summed E-state index contributed by atoms with van der Waals surface area (Å²) in [7, 11) is 0. The van der Waals surface area contributed by atoms with Crippen LogP contribution in [0.4, 0.5) is 11.4 Å². The molecule has 0 saturated carbocycles. The monoisotopic (exact) mass is 316 g/mol. The van der Waals surface area contributed by atoms with Gasteiger partial charge in [-0.25, -0.2) is 4.68 Å². The number of nitrogens with zero attached hydrogens (tertiary/aromatic N) is 3. The van der Waals surface area contributed by atoms with Crippen molar-refractivity contribution in [3.8, 4) is 0 Å².